The summed E-state index contributed by atoms with van der Waals surface area (Å²) < 4.78 is 0. The molecule has 0 unspecified atom stereocenters. The molecule has 21 heavy (non-hydrogen) atoms. The molecule has 2 heteroatoms. The number of fused-ring (bicyclic) bond motifs is 4. The van der Waals surface area contributed by atoms with E-state index in [0.29, 0.717) is 5.78 Å². The highest BCUT2D eigenvalue weighted by molar-refractivity contribution is 5.87. The van der Waals surface area contributed by atoms with Crippen molar-refractivity contribution in [1.29, 1.82) is 0 Å². The van der Waals surface area contributed by atoms with Crippen molar-refractivity contribution in [1.82, 2.24) is 0 Å². The van der Waals surface area contributed by atoms with Crippen LogP contribution in [-0.4, -0.2) is 16.5 Å². The van der Waals surface area contributed by atoms with E-state index in [0.717, 1.165) is 38.5 Å². The Balaban J connectivity index is 1.82. The molecular formula is C19H24O2. The second kappa shape index (κ2) is 4.95. The Morgan fingerprint density at radius 1 is 1.00 bits per heavy atom. The maximum atomic E-state index is 12.9. The molecule has 3 saturated carbocycles. The SMILES string of the molecule is O=C1[C@H]2CCC[C@H]1[C@]1(O)CCCC[C@@H]1[C@H]2c1ccccc1. The van der Waals surface area contributed by atoms with Crippen molar-refractivity contribution in [3.8, 4) is 0 Å². The summed E-state index contributed by atoms with van der Waals surface area (Å²) >= 11 is 0. The molecule has 1 N–H and O–H groups in total. The fourth-order valence-electron chi connectivity index (χ4n) is 5.49. The third-order valence-corrected chi connectivity index (χ3v) is 6.36. The Labute approximate surface area is 126 Å². The summed E-state index contributed by atoms with van der Waals surface area (Å²) in [4.78, 5) is 12.9. The zero-order valence-corrected chi connectivity index (χ0v) is 12.5. The molecule has 2 nitrogen and oxygen atoms in total. The second-order valence-corrected chi connectivity index (χ2v) is 7.27. The summed E-state index contributed by atoms with van der Waals surface area (Å²) in [6, 6.07) is 10.5. The first-order chi connectivity index (χ1) is 10.2. The average Bonchev–Trinajstić information content (AvgIpc) is 2.50. The molecule has 0 aromatic heterocycles. The van der Waals surface area contributed by atoms with E-state index in [4.69, 9.17) is 0 Å². The Hall–Kier alpha value is -1.15. The summed E-state index contributed by atoms with van der Waals surface area (Å²) in [5.41, 5.74) is 0.536. The van der Waals surface area contributed by atoms with Crippen LogP contribution in [0.3, 0.4) is 0 Å². The topological polar surface area (TPSA) is 37.3 Å². The predicted molar refractivity (Wildman–Crippen MR) is 81.9 cm³/mol. The number of carbonyl (C=O) groups is 1. The van der Waals surface area contributed by atoms with Gasteiger partial charge in [-0.2, -0.15) is 0 Å². The molecule has 0 radical (unpaired) electrons. The Morgan fingerprint density at radius 3 is 2.62 bits per heavy atom. The number of ketones is 1. The van der Waals surface area contributed by atoms with Crippen molar-refractivity contribution in [2.45, 2.75) is 56.5 Å². The number of hydrogen-bond acceptors (Lipinski definition) is 2. The van der Waals surface area contributed by atoms with Gasteiger partial charge in [-0.15, -0.1) is 0 Å². The summed E-state index contributed by atoms with van der Waals surface area (Å²) in [7, 11) is 0. The minimum absolute atomic E-state index is 0.0819. The molecule has 5 atom stereocenters. The van der Waals surface area contributed by atoms with Crippen molar-refractivity contribution in [3.63, 3.8) is 0 Å². The van der Waals surface area contributed by atoms with E-state index in [1.807, 2.05) is 6.07 Å². The molecule has 4 rings (SSSR count). The molecule has 3 aliphatic carbocycles. The van der Waals surface area contributed by atoms with E-state index in [1.165, 1.54) is 12.0 Å². The standard InChI is InChI=1S/C19H24O2/c20-18-14-9-6-11-16(18)19(21)12-5-4-10-15(19)17(14)13-7-2-1-3-8-13/h1-3,7-8,14-17,21H,4-6,9-12H2/t14-,15+,16+,17-,19-/m0/s1. The zero-order valence-electron chi connectivity index (χ0n) is 12.5. The van der Waals surface area contributed by atoms with Gasteiger partial charge in [-0.25, -0.2) is 0 Å². The first-order valence-corrected chi connectivity index (χ1v) is 8.53. The lowest BCUT2D eigenvalue weighted by Crippen LogP contribution is -2.60. The number of hydrogen-bond donors (Lipinski definition) is 1. The lowest BCUT2D eigenvalue weighted by Gasteiger charge is -2.56. The van der Waals surface area contributed by atoms with Crippen molar-refractivity contribution in [2.24, 2.45) is 17.8 Å². The molecule has 1 aromatic rings. The average molecular weight is 284 g/mol. The molecule has 0 amide bonds. The van der Waals surface area contributed by atoms with Crippen LogP contribution < -0.4 is 0 Å². The lowest BCUT2D eigenvalue weighted by molar-refractivity contribution is -0.172. The minimum Gasteiger partial charge on any atom is -0.389 e. The van der Waals surface area contributed by atoms with Crippen molar-refractivity contribution < 1.29 is 9.90 Å². The fraction of sp³-hybridized carbons (Fsp3) is 0.632. The van der Waals surface area contributed by atoms with E-state index in [1.54, 1.807) is 0 Å². The van der Waals surface area contributed by atoms with Gasteiger partial charge in [0.05, 0.1) is 5.60 Å². The molecule has 3 aliphatic rings. The summed E-state index contributed by atoms with van der Waals surface area (Å²) in [6.45, 7) is 0. The van der Waals surface area contributed by atoms with Crippen LogP contribution in [0.15, 0.2) is 30.3 Å². The molecule has 0 saturated heterocycles. The molecule has 0 heterocycles. The van der Waals surface area contributed by atoms with Gasteiger partial charge in [0.2, 0.25) is 0 Å². The Morgan fingerprint density at radius 2 is 1.81 bits per heavy atom. The van der Waals surface area contributed by atoms with E-state index >= 15 is 0 Å². The Kier molecular flexibility index (Phi) is 3.18. The van der Waals surface area contributed by atoms with E-state index in [2.05, 4.69) is 24.3 Å². The van der Waals surface area contributed by atoms with Crippen LogP contribution in [0.25, 0.3) is 0 Å². The highest BCUT2D eigenvalue weighted by Gasteiger charge is 2.59. The van der Waals surface area contributed by atoms with Gasteiger partial charge in [0.15, 0.2) is 0 Å². The van der Waals surface area contributed by atoms with Gasteiger partial charge in [-0.3, -0.25) is 4.79 Å². The minimum atomic E-state index is -0.729. The predicted octanol–water partition coefficient (Wildman–Crippen LogP) is 3.69. The third kappa shape index (κ3) is 1.92. The first-order valence-electron chi connectivity index (χ1n) is 8.53. The maximum absolute atomic E-state index is 12.9. The summed E-state index contributed by atoms with van der Waals surface area (Å²) in [5.74, 6) is 0.939. The van der Waals surface area contributed by atoms with Gasteiger partial charge in [-0.05, 0) is 43.1 Å². The third-order valence-electron chi connectivity index (χ3n) is 6.36. The van der Waals surface area contributed by atoms with Crippen LogP contribution in [0.5, 0.6) is 0 Å². The molecule has 0 aliphatic heterocycles. The largest absolute Gasteiger partial charge is 0.389 e. The normalized spacial score (nSPS) is 42.4. The number of aliphatic hydroxyl groups is 1. The van der Waals surface area contributed by atoms with Gasteiger partial charge >= 0.3 is 0 Å². The van der Waals surface area contributed by atoms with E-state index in [9.17, 15) is 9.90 Å². The van der Waals surface area contributed by atoms with Crippen molar-refractivity contribution in [3.05, 3.63) is 35.9 Å². The summed E-state index contributed by atoms with van der Waals surface area (Å²) in [6.07, 6.45) is 7.19. The highest BCUT2D eigenvalue weighted by Crippen LogP contribution is 2.57. The van der Waals surface area contributed by atoms with E-state index < -0.39 is 5.60 Å². The van der Waals surface area contributed by atoms with Crippen LogP contribution >= 0.6 is 0 Å². The summed E-state index contributed by atoms with van der Waals surface area (Å²) in [5, 5.41) is 11.4. The molecule has 112 valence electrons. The van der Waals surface area contributed by atoms with Gasteiger partial charge < -0.3 is 5.11 Å². The smallest absolute Gasteiger partial charge is 0.142 e. The maximum Gasteiger partial charge on any atom is 0.142 e. The lowest BCUT2D eigenvalue weighted by atomic mass is 9.49. The first kappa shape index (κ1) is 13.5. The van der Waals surface area contributed by atoms with Crippen LogP contribution in [0, 0.1) is 17.8 Å². The monoisotopic (exact) mass is 284 g/mol. The fourth-order valence-corrected chi connectivity index (χ4v) is 5.49. The van der Waals surface area contributed by atoms with Gasteiger partial charge in [0.1, 0.15) is 5.78 Å². The van der Waals surface area contributed by atoms with Crippen molar-refractivity contribution in [2.75, 3.05) is 0 Å². The molecule has 2 bridgehead atoms. The van der Waals surface area contributed by atoms with Crippen LogP contribution in [0.2, 0.25) is 0 Å². The molecule has 3 fully saturated rings. The van der Waals surface area contributed by atoms with Gasteiger partial charge in [-0.1, -0.05) is 49.6 Å². The zero-order chi connectivity index (χ0) is 14.4. The second-order valence-electron chi connectivity index (χ2n) is 7.27. The van der Waals surface area contributed by atoms with Gasteiger partial charge in [0, 0.05) is 11.8 Å². The number of carbonyl (C=O) groups excluding carboxylic acids is 1. The quantitative estimate of drug-likeness (QED) is 0.854. The van der Waals surface area contributed by atoms with Crippen LogP contribution in [0.4, 0.5) is 0 Å². The van der Waals surface area contributed by atoms with Gasteiger partial charge in [0.25, 0.3) is 0 Å². The molecule has 0 spiro atoms. The molecular weight excluding hydrogens is 260 g/mol. The van der Waals surface area contributed by atoms with Crippen LogP contribution in [-0.2, 0) is 4.79 Å². The van der Waals surface area contributed by atoms with Crippen molar-refractivity contribution >= 4 is 5.78 Å². The molecule has 1 aromatic carbocycles. The number of benzene rings is 1. The number of rotatable bonds is 1. The van der Waals surface area contributed by atoms with E-state index in [-0.39, 0.29) is 23.7 Å². The highest BCUT2D eigenvalue weighted by atomic mass is 16.3. The number of Topliss-reactive ketones (excluding diaryl/α,β-unsaturated/α-hetero) is 1. The van der Waals surface area contributed by atoms with Crippen LogP contribution in [0.1, 0.15) is 56.4 Å². The Bertz CT molecular complexity index is 538.